The van der Waals surface area contributed by atoms with Gasteiger partial charge in [0.15, 0.2) is 5.78 Å². The van der Waals surface area contributed by atoms with Crippen LogP contribution in [0.2, 0.25) is 0 Å². The summed E-state index contributed by atoms with van der Waals surface area (Å²) in [6.07, 6.45) is 2.39. The van der Waals surface area contributed by atoms with Crippen LogP contribution in [0.3, 0.4) is 0 Å². The third-order valence-electron chi connectivity index (χ3n) is 2.61. The zero-order valence-electron chi connectivity index (χ0n) is 10.3. The highest BCUT2D eigenvalue weighted by molar-refractivity contribution is 6.16. The minimum Gasteiger partial charge on any atom is -0.296 e. The van der Waals surface area contributed by atoms with Gasteiger partial charge in [-0.1, -0.05) is 20.8 Å². The molecule has 4 nitrogen and oxygen atoms in total. The van der Waals surface area contributed by atoms with Crippen LogP contribution in [0.1, 0.15) is 34.6 Å². The van der Waals surface area contributed by atoms with Crippen LogP contribution in [-0.4, -0.2) is 28.0 Å². The Morgan fingerprint density at radius 2 is 1.38 bits per heavy atom. The lowest BCUT2D eigenvalue weighted by Crippen LogP contribution is -2.56. The first kappa shape index (κ1) is 12.6. The van der Waals surface area contributed by atoms with Gasteiger partial charge < -0.3 is 0 Å². The first-order valence-corrected chi connectivity index (χ1v) is 5.19. The minimum atomic E-state index is -1.10. The molecule has 16 heavy (non-hydrogen) atoms. The zero-order valence-corrected chi connectivity index (χ0v) is 10.3. The Morgan fingerprint density at radius 1 is 1.00 bits per heavy atom. The van der Waals surface area contributed by atoms with Gasteiger partial charge in [0.1, 0.15) is 5.54 Å². The standard InChI is InChI=1S/C12H17NO3/c1-11(2,3)10(16)12(4,5)13-8(14)6-7-9(13)15/h6-7H,1-5H3. The third kappa shape index (κ3) is 1.92. The van der Waals surface area contributed by atoms with Gasteiger partial charge in [0.05, 0.1) is 0 Å². The normalized spacial score (nSPS) is 17.2. The molecule has 88 valence electrons. The summed E-state index contributed by atoms with van der Waals surface area (Å²) in [5.41, 5.74) is -1.69. The van der Waals surface area contributed by atoms with Gasteiger partial charge in [0.25, 0.3) is 11.8 Å². The number of carbonyl (C=O) groups excluding carboxylic acids is 3. The number of ketones is 1. The average Bonchev–Trinajstić information content (AvgIpc) is 2.43. The SMILES string of the molecule is CC(C)(C)C(=O)C(C)(C)N1C(=O)C=CC1=O. The van der Waals surface area contributed by atoms with E-state index in [1.807, 2.05) is 0 Å². The van der Waals surface area contributed by atoms with Crippen molar-refractivity contribution in [1.29, 1.82) is 0 Å². The van der Waals surface area contributed by atoms with Crippen LogP contribution in [0, 0.1) is 5.41 Å². The molecule has 0 saturated heterocycles. The number of carbonyl (C=O) groups is 3. The maximum absolute atomic E-state index is 12.2. The largest absolute Gasteiger partial charge is 0.296 e. The van der Waals surface area contributed by atoms with Crippen LogP contribution in [0.15, 0.2) is 12.2 Å². The summed E-state index contributed by atoms with van der Waals surface area (Å²) < 4.78 is 0. The molecule has 2 amide bonds. The molecule has 0 aromatic rings. The molecule has 0 unspecified atom stereocenters. The number of hydrogen-bond donors (Lipinski definition) is 0. The fraction of sp³-hybridized carbons (Fsp3) is 0.583. The van der Waals surface area contributed by atoms with Crippen LogP contribution in [-0.2, 0) is 14.4 Å². The van der Waals surface area contributed by atoms with Crippen LogP contribution in [0.4, 0.5) is 0 Å². The van der Waals surface area contributed by atoms with Crippen molar-refractivity contribution in [3.63, 3.8) is 0 Å². The molecular formula is C12H17NO3. The highest BCUT2D eigenvalue weighted by Crippen LogP contribution is 2.29. The fourth-order valence-corrected chi connectivity index (χ4v) is 1.97. The van der Waals surface area contributed by atoms with Gasteiger partial charge in [-0.3, -0.25) is 19.3 Å². The Bertz CT molecular complexity index is 368. The number of imide groups is 1. The van der Waals surface area contributed by atoms with E-state index < -0.39 is 22.8 Å². The topological polar surface area (TPSA) is 54.5 Å². The van der Waals surface area contributed by atoms with E-state index in [-0.39, 0.29) is 5.78 Å². The molecular weight excluding hydrogens is 206 g/mol. The third-order valence-corrected chi connectivity index (χ3v) is 2.61. The maximum atomic E-state index is 12.2. The second-order valence-electron chi connectivity index (χ2n) is 5.48. The Balaban J connectivity index is 3.08. The summed E-state index contributed by atoms with van der Waals surface area (Å²) in [5, 5.41) is 0. The van der Waals surface area contributed by atoms with Crippen molar-refractivity contribution in [2.24, 2.45) is 5.41 Å². The first-order valence-electron chi connectivity index (χ1n) is 5.19. The van der Waals surface area contributed by atoms with Gasteiger partial charge in [0, 0.05) is 17.6 Å². The van der Waals surface area contributed by atoms with Crippen molar-refractivity contribution < 1.29 is 14.4 Å². The number of Topliss-reactive ketones (excluding diaryl/α,β-unsaturated/α-hetero) is 1. The molecule has 1 heterocycles. The molecule has 0 spiro atoms. The van der Waals surface area contributed by atoms with Gasteiger partial charge in [-0.05, 0) is 13.8 Å². The molecule has 0 fully saturated rings. The fourth-order valence-electron chi connectivity index (χ4n) is 1.97. The molecule has 0 bridgehead atoms. The van der Waals surface area contributed by atoms with Crippen LogP contribution >= 0.6 is 0 Å². The molecule has 0 atom stereocenters. The van der Waals surface area contributed by atoms with Crippen LogP contribution < -0.4 is 0 Å². The van der Waals surface area contributed by atoms with Gasteiger partial charge in [-0.2, -0.15) is 0 Å². The van der Waals surface area contributed by atoms with E-state index in [2.05, 4.69) is 0 Å². The number of nitrogens with zero attached hydrogens (tertiary/aromatic N) is 1. The predicted molar refractivity (Wildman–Crippen MR) is 59.5 cm³/mol. The van der Waals surface area contributed by atoms with E-state index >= 15 is 0 Å². The second-order valence-corrected chi connectivity index (χ2v) is 5.48. The van der Waals surface area contributed by atoms with Crippen molar-refractivity contribution in [3.8, 4) is 0 Å². The van der Waals surface area contributed by atoms with E-state index in [1.165, 1.54) is 12.2 Å². The average molecular weight is 223 g/mol. The summed E-state index contributed by atoms with van der Waals surface area (Å²) in [7, 11) is 0. The van der Waals surface area contributed by atoms with Crippen molar-refractivity contribution in [2.75, 3.05) is 0 Å². The first-order chi connectivity index (χ1) is 7.08. The van der Waals surface area contributed by atoms with Crippen molar-refractivity contribution in [3.05, 3.63) is 12.2 Å². The molecule has 1 aliphatic rings. The van der Waals surface area contributed by atoms with E-state index in [0.717, 1.165) is 4.90 Å². The number of hydrogen-bond acceptors (Lipinski definition) is 3. The monoisotopic (exact) mass is 223 g/mol. The summed E-state index contributed by atoms with van der Waals surface area (Å²) in [6.45, 7) is 8.52. The zero-order chi connectivity index (χ0) is 12.7. The van der Waals surface area contributed by atoms with E-state index in [0.29, 0.717) is 0 Å². The molecule has 0 aromatic carbocycles. The Labute approximate surface area is 95.3 Å². The smallest absolute Gasteiger partial charge is 0.254 e. The van der Waals surface area contributed by atoms with E-state index in [1.54, 1.807) is 34.6 Å². The molecule has 0 N–H and O–H groups in total. The number of amides is 2. The summed E-state index contributed by atoms with van der Waals surface area (Å²) in [4.78, 5) is 36.3. The lowest BCUT2D eigenvalue weighted by atomic mass is 9.79. The van der Waals surface area contributed by atoms with Crippen molar-refractivity contribution in [2.45, 2.75) is 40.2 Å². The molecule has 1 aliphatic heterocycles. The lowest BCUT2D eigenvalue weighted by molar-refractivity contribution is -0.152. The molecule has 0 aliphatic carbocycles. The Morgan fingerprint density at radius 3 is 1.69 bits per heavy atom. The predicted octanol–water partition coefficient (Wildman–Crippen LogP) is 1.31. The highest BCUT2D eigenvalue weighted by atomic mass is 16.2. The minimum absolute atomic E-state index is 0.134. The highest BCUT2D eigenvalue weighted by Gasteiger charge is 2.46. The Kier molecular flexibility index (Phi) is 2.79. The van der Waals surface area contributed by atoms with Gasteiger partial charge in [-0.15, -0.1) is 0 Å². The maximum Gasteiger partial charge on any atom is 0.254 e. The molecule has 0 aromatic heterocycles. The Hall–Kier alpha value is -1.45. The summed E-state index contributed by atoms with van der Waals surface area (Å²) >= 11 is 0. The molecule has 0 saturated carbocycles. The molecule has 0 radical (unpaired) electrons. The lowest BCUT2D eigenvalue weighted by Gasteiger charge is -2.36. The van der Waals surface area contributed by atoms with Gasteiger partial charge >= 0.3 is 0 Å². The molecule has 1 rings (SSSR count). The molecule has 4 heteroatoms. The van der Waals surface area contributed by atoms with E-state index in [9.17, 15) is 14.4 Å². The van der Waals surface area contributed by atoms with Crippen LogP contribution in [0.25, 0.3) is 0 Å². The van der Waals surface area contributed by atoms with Crippen molar-refractivity contribution in [1.82, 2.24) is 4.90 Å². The second kappa shape index (κ2) is 3.54. The van der Waals surface area contributed by atoms with Gasteiger partial charge in [0.2, 0.25) is 0 Å². The quantitative estimate of drug-likeness (QED) is 0.663. The summed E-state index contributed by atoms with van der Waals surface area (Å²) in [6, 6.07) is 0. The number of rotatable bonds is 2. The van der Waals surface area contributed by atoms with E-state index in [4.69, 9.17) is 0 Å². The summed E-state index contributed by atoms with van der Waals surface area (Å²) in [5.74, 6) is -0.981. The van der Waals surface area contributed by atoms with Crippen LogP contribution in [0.5, 0.6) is 0 Å². The van der Waals surface area contributed by atoms with Gasteiger partial charge in [-0.25, -0.2) is 0 Å². The van der Waals surface area contributed by atoms with Crippen molar-refractivity contribution >= 4 is 17.6 Å².